The summed E-state index contributed by atoms with van der Waals surface area (Å²) in [7, 11) is 0. The normalized spacial score (nSPS) is 16.7. The van der Waals surface area contributed by atoms with Crippen LogP contribution in [-0.2, 0) is 0 Å². The van der Waals surface area contributed by atoms with Crippen LogP contribution < -0.4 is 5.32 Å². The van der Waals surface area contributed by atoms with Crippen LogP contribution >= 0.6 is 11.8 Å². The Balaban J connectivity index is 4.01. The van der Waals surface area contributed by atoms with Gasteiger partial charge in [0, 0.05) is 5.25 Å². The van der Waals surface area contributed by atoms with Crippen LogP contribution in [0.4, 0.5) is 0 Å². The smallest absolute Gasteiger partial charge is 0.104 e. The highest BCUT2D eigenvalue weighted by Crippen LogP contribution is 2.22. The number of nitriles is 1. The zero-order valence-electron chi connectivity index (χ0n) is 10.5. The SMILES string of the molecule is CCCNC(C)(C#N)CC(C)SCCC. The summed E-state index contributed by atoms with van der Waals surface area (Å²) < 4.78 is 0. The maximum Gasteiger partial charge on any atom is 0.104 e. The maximum atomic E-state index is 9.16. The van der Waals surface area contributed by atoms with Gasteiger partial charge in [0.1, 0.15) is 5.54 Å². The van der Waals surface area contributed by atoms with Crippen molar-refractivity contribution in [3.63, 3.8) is 0 Å². The molecule has 2 nitrogen and oxygen atoms in total. The molecule has 0 saturated heterocycles. The third-order valence-electron chi connectivity index (χ3n) is 2.31. The van der Waals surface area contributed by atoms with Crippen LogP contribution in [0.5, 0.6) is 0 Å². The van der Waals surface area contributed by atoms with E-state index in [-0.39, 0.29) is 5.54 Å². The van der Waals surface area contributed by atoms with E-state index in [2.05, 4.69) is 32.2 Å². The number of thioether (sulfide) groups is 1. The zero-order chi connectivity index (χ0) is 11.7. The fourth-order valence-electron chi connectivity index (χ4n) is 1.51. The highest BCUT2D eigenvalue weighted by atomic mass is 32.2. The number of rotatable bonds is 8. The van der Waals surface area contributed by atoms with Gasteiger partial charge in [0.2, 0.25) is 0 Å². The monoisotopic (exact) mass is 228 g/mol. The summed E-state index contributed by atoms with van der Waals surface area (Å²) in [5.41, 5.74) is -0.351. The maximum absolute atomic E-state index is 9.16. The predicted octanol–water partition coefficient (Wildman–Crippen LogP) is 3.19. The van der Waals surface area contributed by atoms with Crippen molar-refractivity contribution in [2.24, 2.45) is 0 Å². The standard InChI is InChI=1S/C12H24N2S/c1-5-7-14-12(4,10-13)9-11(3)15-8-6-2/h11,14H,5-9H2,1-4H3. The number of nitrogens with one attached hydrogen (secondary N) is 1. The van der Waals surface area contributed by atoms with Gasteiger partial charge in [0.05, 0.1) is 6.07 Å². The summed E-state index contributed by atoms with van der Waals surface area (Å²) in [6.07, 6.45) is 3.21. The average molecular weight is 228 g/mol. The van der Waals surface area contributed by atoms with Crippen molar-refractivity contribution < 1.29 is 0 Å². The minimum atomic E-state index is -0.351. The minimum Gasteiger partial charge on any atom is -0.300 e. The van der Waals surface area contributed by atoms with Crippen LogP contribution in [0.25, 0.3) is 0 Å². The fourth-order valence-corrected chi connectivity index (χ4v) is 2.60. The molecular weight excluding hydrogens is 204 g/mol. The van der Waals surface area contributed by atoms with Crippen LogP contribution in [-0.4, -0.2) is 23.1 Å². The fraction of sp³-hybridized carbons (Fsp3) is 0.917. The molecule has 1 N–H and O–H groups in total. The quantitative estimate of drug-likeness (QED) is 0.693. The van der Waals surface area contributed by atoms with Crippen LogP contribution in [0.1, 0.15) is 47.0 Å². The van der Waals surface area contributed by atoms with Gasteiger partial charge in [-0.2, -0.15) is 17.0 Å². The lowest BCUT2D eigenvalue weighted by Crippen LogP contribution is -2.43. The summed E-state index contributed by atoms with van der Waals surface area (Å²) in [6.45, 7) is 9.46. The largest absolute Gasteiger partial charge is 0.300 e. The van der Waals surface area contributed by atoms with Gasteiger partial charge in [-0.15, -0.1) is 0 Å². The number of nitrogens with zero attached hydrogens (tertiary/aromatic N) is 1. The van der Waals surface area contributed by atoms with E-state index in [0.29, 0.717) is 5.25 Å². The molecule has 0 aromatic heterocycles. The Bertz CT molecular complexity index is 200. The summed E-state index contributed by atoms with van der Waals surface area (Å²) in [6, 6.07) is 2.40. The molecule has 15 heavy (non-hydrogen) atoms. The summed E-state index contributed by atoms with van der Waals surface area (Å²) >= 11 is 1.96. The molecule has 3 heteroatoms. The van der Waals surface area contributed by atoms with Crippen molar-refractivity contribution in [2.45, 2.75) is 57.7 Å². The molecule has 0 radical (unpaired) electrons. The predicted molar refractivity (Wildman–Crippen MR) is 69.1 cm³/mol. The lowest BCUT2D eigenvalue weighted by atomic mass is 9.98. The van der Waals surface area contributed by atoms with Gasteiger partial charge >= 0.3 is 0 Å². The third-order valence-corrected chi connectivity index (χ3v) is 3.69. The minimum absolute atomic E-state index is 0.351. The van der Waals surface area contributed by atoms with Crippen molar-refractivity contribution in [3.05, 3.63) is 0 Å². The van der Waals surface area contributed by atoms with Crippen molar-refractivity contribution in [3.8, 4) is 6.07 Å². The Morgan fingerprint density at radius 1 is 1.40 bits per heavy atom. The van der Waals surface area contributed by atoms with Gasteiger partial charge in [-0.05, 0) is 38.5 Å². The Morgan fingerprint density at radius 2 is 2.07 bits per heavy atom. The first-order valence-electron chi connectivity index (χ1n) is 5.85. The highest BCUT2D eigenvalue weighted by Gasteiger charge is 2.25. The van der Waals surface area contributed by atoms with E-state index in [1.54, 1.807) is 0 Å². The van der Waals surface area contributed by atoms with E-state index in [9.17, 15) is 0 Å². The lowest BCUT2D eigenvalue weighted by Gasteiger charge is -2.26. The van der Waals surface area contributed by atoms with Crippen molar-refractivity contribution >= 4 is 11.8 Å². The molecule has 0 rings (SSSR count). The van der Waals surface area contributed by atoms with Gasteiger partial charge in [0.25, 0.3) is 0 Å². The van der Waals surface area contributed by atoms with Crippen LogP contribution in [0, 0.1) is 11.3 Å². The molecule has 0 aromatic rings. The average Bonchev–Trinajstić information content (AvgIpc) is 2.23. The van der Waals surface area contributed by atoms with Crippen molar-refractivity contribution in [2.75, 3.05) is 12.3 Å². The molecule has 0 fully saturated rings. The third kappa shape index (κ3) is 6.81. The van der Waals surface area contributed by atoms with E-state index < -0.39 is 0 Å². The summed E-state index contributed by atoms with van der Waals surface area (Å²) in [5.74, 6) is 1.19. The Labute approximate surface area is 98.8 Å². The van der Waals surface area contributed by atoms with E-state index in [0.717, 1.165) is 19.4 Å². The number of hydrogen-bond donors (Lipinski definition) is 1. The first kappa shape index (κ1) is 14.8. The summed E-state index contributed by atoms with van der Waals surface area (Å²) in [5, 5.41) is 13.0. The van der Waals surface area contributed by atoms with Gasteiger partial charge in [-0.25, -0.2) is 0 Å². The van der Waals surface area contributed by atoms with Gasteiger partial charge in [-0.3, -0.25) is 5.32 Å². The Kier molecular flexibility index (Phi) is 7.90. The topological polar surface area (TPSA) is 35.8 Å². The van der Waals surface area contributed by atoms with Crippen LogP contribution in [0.3, 0.4) is 0 Å². The van der Waals surface area contributed by atoms with Crippen LogP contribution in [0.2, 0.25) is 0 Å². The molecule has 88 valence electrons. The van der Waals surface area contributed by atoms with E-state index in [1.165, 1.54) is 12.2 Å². The number of hydrogen-bond acceptors (Lipinski definition) is 3. The first-order chi connectivity index (χ1) is 7.08. The zero-order valence-corrected chi connectivity index (χ0v) is 11.3. The first-order valence-corrected chi connectivity index (χ1v) is 6.90. The van der Waals surface area contributed by atoms with Gasteiger partial charge in [0.15, 0.2) is 0 Å². The Hall–Kier alpha value is -0.200. The molecule has 0 saturated carbocycles. The molecule has 2 unspecified atom stereocenters. The van der Waals surface area contributed by atoms with Crippen molar-refractivity contribution in [1.29, 1.82) is 5.26 Å². The van der Waals surface area contributed by atoms with E-state index >= 15 is 0 Å². The lowest BCUT2D eigenvalue weighted by molar-refractivity contribution is 0.418. The van der Waals surface area contributed by atoms with Crippen LogP contribution in [0.15, 0.2) is 0 Å². The molecule has 0 spiro atoms. The van der Waals surface area contributed by atoms with E-state index in [1.807, 2.05) is 18.7 Å². The van der Waals surface area contributed by atoms with Gasteiger partial charge in [-0.1, -0.05) is 20.8 Å². The second-order valence-corrected chi connectivity index (χ2v) is 5.80. The highest BCUT2D eigenvalue weighted by molar-refractivity contribution is 7.99. The molecule has 0 aliphatic carbocycles. The molecule has 0 amide bonds. The molecule has 0 bridgehead atoms. The molecule has 0 aliphatic rings. The molecular formula is C12H24N2S. The molecule has 0 aliphatic heterocycles. The Morgan fingerprint density at radius 3 is 2.53 bits per heavy atom. The second-order valence-electron chi connectivity index (χ2n) is 4.26. The molecule has 0 aromatic carbocycles. The van der Waals surface area contributed by atoms with E-state index in [4.69, 9.17) is 5.26 Å². The molecule has 2 atom stereocenters. The van der Waals surface area contributed by atoms with Gasteiger partial charge < -0.3 is 0 Å². The second kappa shape index (κ2) is 8.01. The molecule has 0 heterocycles. The van der Waals surface area contributed by atoms with Crippen molar-refractivity contribution in [1.82, 2.24) is 5.32 Å². The summed E-state index contributed by atoms with van der Waals surface area (Å²) in [4.78, 5) is 0.